The molecule has 0 radical (unpaired) electrons. The molecule has 1 aliphatic rings. The van der Waals surface area contributed by atoms with Crippen LogP contribution in [0.25, 0.3) is 11.4 Å². The van der Waals surface area contributed by atoms with Crippen LogP contribution in [-0.2, 0) is 14.8 Å². The maximum absolute atomic E-state index is 13.3. The van der Waals surface area contributed by atoms with Gasteiger partial charge in [0.2, 0.25) is 27.6 Å². The molecule has 1 amide bonds. The first-order chi connectivity index (χ1) is 16.6. The van der Waals surface area contributed by atoms with E-state index in [2.05, 4.69) is 14.9 Å². The van der Waals surface area contributed by atoms with Gasteiger partial charge in [-0.3, -0.25) is 4.79 Å². The van der Waals surface area contributed by atoms with Crippen molar-refractivity contribution in [3.05, 3.63) is 65.5 Å². The van der Waals surface area contributed by atoms with Crippen molar-refractivity contribution in [2.45, 2.75) is 57.4 Å². The van der Waals surface area contributed by atoms with Crippen molar-refractivity contribution < 1.29 is 17.7 Å². The number of hydrogen-bond acceptors (Lipinski definition) is 6. The van der Waals surface area contributed by atoms with E-state index in [1.165, 1.54) is 0 Å². The Morgan fingerprint density at radius 3 is 2.14 bits per heavy atom. The third kappa shape index (κ3) is 5.79. The van der Waals surface area contributed by atoms with Crippen LogP contribution in [0.15, 0.2) is 57.9 Å². The Morgan fingerprint density at radius 1 is 1.00 bits per heavy atom. The van der Waals surface area contributed by atoms with E-state index >= 15 is 0 Å². The minimum absolute atomic E-state index is 0.0625. The fourth-order valence-electron chi connectivity index (χ4n) is 4.19. The van der Waals surface area contributed by atoms with E-state index in [0.717, 1.165) is 16.7 Å². The number of carbonyl (C=O) groups excluding carboxylic acids is 1. The van der Waals surface area contributed by atoms with Crippen LogP contribution in [0.4, 0.5) is 0 Å². The number of piperidine rings is 1. The molecule has 2 heterocycles. The number of nitrogens with zero attached hydrogens (tertiary/aromatic N) is 3. The van der Waals surface area contributed by atoms with Crippen molar-refractivity contribution in [1.82, 2.24) is 19.8 Å². The van der Waals surface area contributed by atoms with Crippen LogP contribution in [0.3, 0.4) is 0 Å². The van der Waals surface area contributed by atoms with Gasteiger partial charge in [-0.05, 0) is 44.7 Å². The molecule has 9 heteroatoms. The van der Waals surface area contributed by atoms with Crippen molar-refractivity contribution in [3.63, 3.8) is 0 Å². The number of rotatable bonds is 7. The highest BCUT2D eigenvalue weighted by molar-refractivity contribution is 7.89. The maximum Gasteiger partial charge on any atom is 0.241 e. The number of amides is 1. The van der Waals surface area contributed by atoms with Crippen molar-refractivity contribution in [2.75, 3.05) is 13.1 Å². The zero-order chi connectivity index (χ0) is 25.2. The summed E-state index contributed by atoms with van der Waals surface area (Å²) in [6, 6.07) is 13.7. The van der Waals surface area contributed by atoms with E-state index in [1.54, 1.807) is 29.2 Å². The Morgan fingerprint density at radius 2 is 1.57 bits per heavy atom. The van der Waals surface area contributed by atoms with Crippen LogP contribution in [0, 0.1) is 19.8 Å². The summed E-state index contributed by atoms with van der Waals surface area (Å²) >= 11 is 0. The van der Waals surface area contributed by atoms with Gasteiger partial charge in [0.05, 0.1) is 4.90 Å². The van der Waals surface area contributed by atoms with Crippen molar-refractivity contribution >= 4 is 15.9 Å². The first-order valence-electron chi connectivity index (χ1n) is 11.9. The maximum atomic E-state index is 13.3. The summed E-state index contributed by atoms with van der Waals surface area (Å²) < 4.78 is 34.0. The number of hydrogen-bond donors (Lipinski definition) is 1. The molecule has 3 aromatic rings. The van der Waals surface area contributed by atoms with Crippen LogP contribution in [-0.4, -0.2) is 48.5 Å². The van der Waals surface area contributed by atoms with Gasteiger partial charge in [0, 0.05) is 24.6 Å². The van der Waals surface area contributed by atoms with Gasteiger partial charge in [0.25, 0.3) is 0 Å². The molecule has 0 spiro atoms. The largest absolute Gasteiger partial charge is 0.341 e. The predicted octanol–water partition coefficient (Wildman–Crippen LogP) is 4.06. The SMILES string of the molecule is Cc1ccc(-c2noc(C3CCN(C(=O)[C@H](NS(=O)(=O)c4ccc(C)cc4)C(C)C)CC3)n2)cc1. The van der Waals surface area contributed by atoms with Crippen molar-refractivity contribution in [3.8, 4) is 11.4 Å². The van der Waals surface area contributed by atoms with Gasteiger partial charge >= 0.3 is 0 Å². The fraction of sp³-hybridized carbons (Fsp3) is 0.423. The number of aromatic nitrogens is 2. The second kappa shape index (κ2) is 10.3. The Bertz CT molecular complexity index is 1260. The van der Waals surface area contributed by atoms with Gasteiger partial charge in [-0.1, -0.05) is 66.5 Å². The summed E-state index contributed by atoms with van der Waals surface area (Å²) in [6.45, 7) is 8.61. The van der Waals surface area contributed by atoms with Gasteiger partial charge in [-0.15, -0.1) is 0 Å². The molecule has 1 aromatic heterocycles. The lowest BCUT2D eigenvalue weighted by Gasteiger charge is -2.34. The second-order valence-corrected chi connectivity index (χ2v) is 11.3. The molecule has 0 saturated carbocycles. The monoisotopic (exact) mass is 496 g/mol. The average molecular weight is 497 g/mol. The Balaban J connectivity index is 1.40. The lowest BCUT2D eigenvalue weighted by atomic mass is 9.95. The zero-order valence-corrected chi connectivity index (χ0v) is 21.4. The predicted molar refractivity (Wildman–Crippen MR) is 133 cm³/mol. The van der Waals surface area contributed by atoms with Crippen LogP contribution in [0.1, 0.15) is 49.6 Å². The van der Waals surface area contributed by atoms with Crippen molar-refractivity contribution in [1.29, 1.82) is 0 Å². The molecule has 0 bridgehead atoms. The molecule has 1 saturated heterocycles. The number of nitrogens with one attached hydrogen (secondary N) is 1. The van der Waals surface area contributed by atoms with Crippen LogP contribution < -0.4 is 4.72 Å². The molecule has 1 fully saturated rings. The minimum atomic E-state index is -3.82. The van der Waals surface area contributed by atoms with Crippen molar-refractivity contribution in [2.24, 2.45) is 5.92 Å². The molecule has 0 unspecified atom stereocenters. The van der Waals surface area contributed by atoms with Gasteiger partial charge in [-0.25, -0.2) is 8.42 Å². The lowest BCUT2D eigenvalue weighted by Crippen LogP contribution is -2.52. The van der Waals surface area contributed by atoms with E-state index < -0.39 is 16.1 Å². The quantitative estimate of drug-likeness (QED) is 0.529. The van der Waals surface area contributed by atoms with E-state index in [4.69, 9.17) is 4.52 Å². The van der Waals surface area contributed by atoms with Gasteiger partial charge in [0.1, 0.15) is 6.04 Å². The Hall–Kier alpha value is -3.04. The normalized spacial score (nSPS) is 16.0. The molecule has 186 valence electrons. The molecule has 1 N–H and O–H groups in total. The third-order valence-corrected chi connectivity index (χ3v) is 7.91. The van der Waals surface area contributed by atoms with Crippen LogP contribution >= 0.6 is 0 Å². The van der Waals surface area contributed by atoms with Gasteiger partial charge in [-0.2, -0.15) is 9.71 Å². The number of aryl methyl sites for hydroxylation is 2. The number of benzene rings is 2. The standard InChI is InChI=1S/C26H32N4O4S/c1-17(2)23(29-35(32,33)22-11-7-19(4)8-12-22)26(31)30-15-13-21(14-16-30)25-27-24(28-34-25)20-9-5-18(3)6-10-20/h5-12,17,21,23,29H,13-16H2,1-4H3/t23-/m1/s1. The molecular weight excluding hydrogens is 464 g/mol. The summed E-state index contributed by atoms with van der Waals surface area (Å²) in [7, 11) is -3.82. The summed E-state index contributed by atoms with van der Waals surface area (Å²) in [5.41, 5.74) is 3.03. The molecule has 35 heavy (non-hydrogen) atoms. The zero-order valence-electron chi connectivity index (χ0n) is 20.6. The number of likely N-dealkylation sites (tertiary alicyclic amines) is 1. The molecule has 0 aliphatic carbocycles. The highest BCUT2D eigenvalue weighted by Gasteiger charge is 2.34. The molecule has 8 nitrogen and oxygen atoms in total. The highest BCUT2D eigenvalue weighted by Crippen LogP contribution is 2.29. The van der Waals surface area contributed by atoms with Gasteiger partial charge < -0.3 is 9.42 Å². The summed E-state index contributed by atoms with van der Waals surface area (Å²) in [4.78, 5) is 19.8. The van der Waals surface area contributed by atoms with Gasteiger partial charge in [0.15, 0.2) is 0 Å². The molecule has 1 atom stereocenters. The molecular formula is C26H32N4O4S. The summed E-state index contributed by atoms with van der Waals surface area (Å²) in [6.07, 6.45) is 1.35. The smallest absolute Gasteiger partial charge is 0.241 e. The molecule has 1 aliphatic heterocycles. The summed E-state index contributed by atoms with van der Waals surface area (Å²) in [5, 5.41) is 4.13. The second-order valence-electron chi connectivity index (χ2n) is 9.58. The Labute approximate surface area is 206 Å². The summed E-state index contributed by atoms with van der Waals surface area (Å²) in [5.74, 6) is 0.790. The fourth-order valence-corrected chi connectivity index (χ4v) is 5.53. The van der Waals surface area contributed by atoms with E-state index in [-0.39, 0.29) is 22.6 Å². The average Bonchev–Trinajstić information content (AvgIpc) is 3.33. The van der Waals surface area contributed by atoms with Crippen LogP contribution in [0.2, 0.25) is 0 Å². The minimum Gasteiger partial charge on any atom is -0.341 e. The van der Waals surface area contributed by atoms with Crippen LogP contribution in [0.5, 0.6) is 0 Å². The lowest BCUT2D eigenvalue weighted by molar-refractivity contribution is -0.135. The highest BCUT2D eigenvalue weighted by atomic mass is 32.2. The van der Waals surface area contributed by atoms with E-state index in [0.29, 0.717) is 37.6 Å². The first kappa shape index (κ1) is 25.1. The van der Waals surface area contributed by atoms with E-state index in [1.807, 2.05) is 52.0 Å². The topological polar surface area (TPSA) is 105 Å². The Kier molecular flexibility index (Phi) is 7.37. The first-order valence-corrected chi connectivity index (χ1v) is 13.4. The molecule has 2 aromatic carbocycles. The molecule has 4 rings (SSSR count). The number of sulfonamides is 1. The van der Waals surface area contributed by atoms with E-state index in [9.17, 15) is 13.2 Å². The number of carbonyl (C=O) groups is 1. The third-order valence-electron chi connectivity index (χ3n) is 6.45.